The Morgan fingerprint density at radius 1 is 1.39 bits per heavy atom. The second-order valence-electron chi connectivity index (χ2n) is 4.11. The molecule has 1 unspecified atom stereocenters. The van der Waals surface area contributed by atoms with E-state index in [4.69, 9.17) is 23.2 Å². The number of aryl methyl sites for hydroxylation is 1. The van der Waals surface area contributed by atoms with Crippen molar-refractivity contribution in [1.82, 2.24) is 9.78 Å². The molecule has 3 nitrogen and oxygen atoms in total. The molecule has 1 heterocycles. The number of nitrogens with zero attached hydrogens (tertiary/aromatic N) is 2. The molecule has 0 saturated carbocycles. The van der Waals surface area contributed by atoms with Crippen LogP contribution in [0.4, 0.5) is 0 Å². The van der Waals surface area contributed by atoms with E-state index < -0.39 is 6.10 Å². The Hall–Kier alpha value is -1.03. The van der Waals surface area contributed by atoms with Gasteiger partial charge in [-0.05, 0) is 18.6 Å². The number of aliphatic hydroxyl groups is 1. The van der Waals surface area contributed by atoms with Gasteiger partial charge in [-0.2, -0.15) is 5.10 Å². The van der Waals surface area contributed by atoms with E-state index in [-0.39, 0.29) is 0 Å². The van der Waals surface area contributed by atoms with E-state index in [0.29, 0.717) is 15.6 Å². The van der Waals surface area contributed by atoms with Crippen LogP contribution in [0.3, 0.4) is 0 Å². The van der Waals surface area contributed by atoms with E-state index in [1.807, 2.05) is 10.9 Å². The summed E-state index contributed by atoms with van der Waals surface area (Å²) in [6.45, 7) is 2.91. The van der Waals surface area contributed by atoms with Crippen molar-refractivity contribution >= 4 is 23.2 Å². The zero-order valence-electron chi connectivity index (χ0n) is 9.98. The van der Waals surface area contributed by atoms with Gasteiger partial charge in [-0.25, -0.2) is 0 Å². The molecule has 0 aliphatic carbocycles. The van der Waals surface area contributed by atoms with Gasteiger partial charge in [0.25, 0.3) is 0 Å². The minimum absolute atomic E-state index is 0.457. The first-order valence-electron chi connectivity index (χ1n) is 5.77. The Morgan fingerprint density at radius 3 is 2.83 bits per heavy atom. The van der Waals surface area contributed by atoms with Crippen LogP contribution in [-0.2, 0) is 6.54 Å². The van der Waals surface area contributed by atoms with Crippen LogP contribution in [-0.4, -0.2) is 14.9 Å². The maximum atomic E-state index is 10.3. The van der Waals surface area contributed by atoms with Crippen LogP contribution in [0.25, 0.3) is 0 Å². The third-order valence-electron chi connectivity index (χ3n) is 2.68. The predicted molar refractivity (Wildman–Crippen MR) is 73.0 cm³/mol. The maximum absolute atomic E-state index is 10.3. The zero-order chi connectivity index (χ0) is 13.1. The fourth-order valence-electron chi connectivity index (χ4n) is 1.77. The fraction of sp³-hybridized carbons (Fsp3) is 0.308. The first-order chi connectivity index (χ1) is 8.61. The van der Waals surface area contributed by atoms with Gasteiger partial charge in [0.15, 0.2) is 0 Å². The lowest BCUT2D eigenvalue weighted by Crippen LogP contribution is -2.00. The summed E-state index contributed by atoms with van der Waals surface area (Å²) in [6.07, 6.45) is 3.71. The minimum atomic E-state index is -0.777. The van der Waals surface area contributed by atoms with Gasteiger partial charge < -0.3 is 5.11 Å². The Morgan fingerprint density at radius 2 is 2.17 bits per heavy atom. The third kappa shape index (κ3) is 2.86. The quantitative estimate of drug-likeness (QED) is 0.930. The summed E-state index contributed by atoms with van der Waals surface area (Å²) in [5, 5.41) is 15.5. The molecule has 0 amide bonds. The number of hydrogen-bond acceptors (Lipinski definition) is 2. The second-order valence-corrected chi connectivity index (χ2v) is 4.95. The molecule has 0 aliphatic rings. The first-order valence-corrected chi connectivity index (χ1v) is 6.52. The van der Waals surface area contributed by atoms with E-state index in [1.165, 1.54) is 0 Å². The molecule has 0 spiro atoms. The average molecular weight is 285 g/mol. The highest BCUT2D eigenvalue weighted by Gasteiger charge is 2.15. The molecule has 1 atom stereocenters. The number of benzene rings is 1. The maximum Gasteiger partial charge on any atom is 0.109 e. The normalized spacial score (nSPS) is 12.7. The largest absolute Gasteiger partial charge is 0.383 e. The summed E-state index contributed by atoms with van der Waals surface area (Å²) in [6, 6.07) is 5.06. The number of hydrogen-bond donors (Lipinski definition) is 1. The van der Waals surface area contributed by atoms with Crippen molar-refractivity contribution in [1.29, 1.82) is 0 Å². The van der Waals surface area contributed by atoms with Gasteiger partial charge in [0.05, 0.1) is 6.20 Å². The Balaban J connectivity index is 2.26. The molecule has 0 aliphatic heterocycles. The van der Waals surface area contributed by atoms with Crippen LogP contribution >= 0.6 is 23.2 Å². The van der Waals surface area contributed by atoms with Gasteiger partial charge in [-0.1, -0.05) is 36.2 Å². The molecule has 1 N–H and O–H groups in total. The fourth-order valence-corrected chi connectivity index (χ4v) is 2.29. The van der Waals surface area contributed by atoms with E-state index in [2.05, 4.69) is 12.0 Å². The van der Waals surface area contributed by atoms with Crippen molar-refractivity contribution in [3.05, 3.63) is 51.8 Å². The van der Waals surface area contributed by atoms with Gasteiger partial charge in [0.1, 0.15) is 6.10 Å². The molecular formula is C13H14Cl2N2O. The monoisotopic (exact) mass is 284 g/mol. The molecule has 2 rings (SSSR count). The van der Waals surface area contributed by atoms with E-state index in [1.54, 1.807) is 24.4 Å². The summed E-state index contributed by atoms with van der Waals surface area (Å²) in [4.78, 5) is 0. The number of aliphatic hydroxyl groups excluding tert-OH is 1. The van der Waals surface area contributed by atoms with Crippen molar-refractivity contribution in [3.8, 4) is 0 Å². The molecule has 96 valence electrons. The highest BCUT2D eigenvalue weighted by atomic mass is 35.5. The highest BCUT2D eigenvalue weighted by Crippen LogP contribution is 2.30. The van der Waals surface area contributed by atoms with Crippen molar-refractivity contribution in [2.75, 3.05) is 0 Å². The van der Waals surface area contributed by atoms with Crippen molar-refractivity contribution in [2.45, 2.75) is 26.0 Å². The van der Waals surface area contributed by atoms with Crippen LogP contribution in [0.2, 0.25) is 10.0 Å². The van der Waals surface area contributed by atoms with Gasteiger partial charge in [0.2, 0.25) is 0 Å². The SMILES string of the molecule is CCCn1cc(C(O)c2ccc(Cl)cc2Cl)cn1. The zero-order valence-corrected chi connectivity index (χ0v) is 11.5. The summed E-state index contributed by atoms with van der Waals surface area (Å²) >= 11 is 11.9. The molecule has 0 saturated heterocycles. The average Bonchev–Trinajstić information content (AvgIpc) is 2.77. The molecule has 1 aromatic heterocycles. The highest BCUT2D eigenvalue weighted by molar-refractivity contribution is 6.35. The summed E-state index contributed by atoms with van der Waals surface area (Å²) in [5.74, 6) is 0. The third-order valence-corrected chi connectivity index (χ3v) is 3.24. The van der Waals surface area contributed by atoms with Gasteiger partial charge in [-0.15, -0.1) is 0 Å². The minimum Gasteiger partial charge on any atom is -0.383 e. The van der Waals surface area contributed by atoms with Crippen molar-refractivity contribution in [2.24, 2.45) is 0 Å². The van der Waals surface area contributed by atoms with Crippen LogP contribution < -0.4 is 0 Å². The van der Waals surface area contributed by atoms with E-state index >= 15 is 0 Å². The lowest BCUT2D eigenvalue weighted by molar-refractivity contribution is 0.220. The molecule has 0 bridgehead atoms. The van der Waals surface area contributed by atoms with Crippen LogP contribution in [0.1, 0.15) is 30.6 Å². The summed E-state index contributed by atoms with van der Waals surface area (Å²) < 4.78 is 1.81. The number of rotatable bonds is 4. The van der Waals surface area contributed by atoms with Crippen LogP contribution in [0, 0.1) is 0 Å². The lowest BCUT2D eigenvalue weighted by Gasteiger charge is -2.11. The van der Waals surface area contributed by atoms with Gasteiger partial charge in [0, 0.05) is 33.9 Å². The second kappa shape index (κ2) is 5.74. The predicted octanol–water partition coefficient (Wildman–Crippen LogP) is 3.68. The molecule has 1 aromatic carbocycles. The molecular weight excluding hydrogens is 271 g/mol. The molecule has 2 aromatic rings. The van der Waals surface area contributed by atoms with E-state index in [9.17, 15) is 5.11 Å². The molecule has 18 heavy (non-hydrogen) atoms. The topological polar surface area (TPSA) is 38.0 Å². The first kappa shape index (κ1) is 13.4. The Labute approximate surface area is 116 Å². The van der Waals surface area contributed by atoms with E-state index in [0.717, 1.165) is 18.5 Å². The smallest absolute Gasteiger partial charge is 0.109 e. The molecule has 0 fully saturated rings. The number of halogens is 2. The summed E-state index contributed by atoms with van der Waals surface area (Å²) in [5.41, 5.74) is 1.37. The van der Waals surface area contributed by atoms with Crippen LogP contribution in [0.5, 0.6) is 0 Å². The van der Waals surface area contributed by atoms with Crippen LogP contribution in [0.15, 0.2) is 30.6 Å². The lowest BCUT2D eigenvalue weighted by atomic mass is 10.0. The molecule has 5 heteroatoms. The van der Waals surface area contributed by atoms with Crippen molar-refractivity contribution in [3.63, 3.8) is 0 Å². The Kier molecular flexibility index (Phi) is 4.27. The Bertz CT molecular complexity index is 540. The molecule has 0 radical (unpaired) electrons. The van der Waals surface area contributed by atoms with Gasteiger partial charge >= 0.3 is 0 Å². The summed E-state index contributed by atoms with van der Waals surface area (Å²) in [7, 11) is 0. The van der Waals surface area contributed by atoms with Crippen molar-refractivity contribution < 1.29 is 5.11 Å². The number of aromatic nitrogens is 2. The van der Waals surface area contributed by atoms with Gasteiger partial charge in [-0.3, -0.25) is 4.68 Å². The standard InChI is InChI=1S/C13H14Cl2N2O/c1-2-5-17-8-9(7-16-17)13(18)11-4-3-10(14)6-12(11)15/h3-4,6-8,13,18H,2,5H2,1H3.